The van der Waals surface area contributed by atoms with E-state index in [2.05, 4.69) is 0 Å². The first-order chi connectivity index (χ1) is 3.12. The molecule has 0 aliphatic rings. The van der Waals surface area contributed by atoms with Crippen molar-refractivity contribution in [1.82, 2.24) is 0 Å². The van der Waals surface area contributed by atoms with E-state index in [0.717, 1.165) is 0 Å². The van der Waals surface area contributed by atoms with Crippen molar-refractivity contribution >= 4 is 7.37 Å². The minimum atomic E-state index is -2.65. The molecule has 0 saturated heterocycles. The summed E-state index contributed by atoms with van der Waals surface area (Å²) in [4.78, 5) is 8.69. The predicted octanol–water partition coefficient (Wildman–Crippen LogP) is 1.29. The molecule has 1 radical (unpaired) electrons. The van der Waals surface area contributed by atoms with Crippen molar-refractivity contribution in [1.29, 1.82) is 0 Å². The minimum Gasteiger partial charge on any atom is -0.344 e. The minimum absolute atomic E-state index is 0. The Hall–Kier alpha value is 0.709. The molecule has 1 N–H and O–H groups in total. The maximum Gasteiger partial charge on any atom is 0.200 e. The van der Waals surface area contributed by atoms with Crippen molar-refractivity contribution in [3.8, 4) is 0 Å². The van der Waals surface area contributed by atoms with Gasteiger partial charge in [0.05, 0.1) is 0 Å². The van der Waals surface area contributed by atoms with E-state index in [4.69, 9.17) is 4.89 Å². The monoisotopic (exact) mass is 185 g/mol. The zero-order chi connectivity index (χ0) is 5.91. The van der Waals surface area contributed by atoms with Crippen molar-refractivity contribution in [2.75, 3.05) is 12.3 Å². The summed E-state index contributed by atoms with van der Waals surface area (Å²) in [6.45, 7) is 3.45. The maximum absolute atomic E-state index is 10.5. The van der Waals surface area contributed by atoms with Crippen LogP contribution in [0.3, 0.4) is 0 Å². The van der Waals surface area contributed by atoms with Crippen LogP contribution in [0.15, 0.2) is 0 Å². The van der Waals surface area contributed by atoms with Gasteiger partial charge in [0.25, 0.3) is 0 Å². The molecule has 0 aromatic carbocycles. The normalized spacial score (nSPS) is 10.4. The number of hydrogen-bond donors (Lipinski definition) is 1. The molecular formula is C4H11CuO2P. The Morgan fingerprint density at radius 2 is 1.62 bits per heavy atom. The molecule has 0 aliphatic carbocycles. The molecule has 0 aliphatic heterocycles. The fraction of sp³-hybridized carbons (Fsp3) is 1.00. The van der Waals surface area contributed by atoms with E-state index < -0.39 is 7.37 Å². The predicted molar refractivity (Wildman–Crippen MR) is 30.9 cm³/mol. The first-order valence-electron chi connectivity index (χ1n) is 2.43. The van der Waals surface area contributed by atoms with E-state index in [0.29, 0.717) is 12.3 Å². The SMILES string of the molecule is CCP(=O)(O)CC.[Cu]. The third-order valence-electron chi connectivity index (χ3n) is 0.988. The average Bonchev–Trinajstić information content (AvgIpc) is 1.68. The molecule has 55 valence electrons. The molecule has 0 bridgehead atoms. The zero-order valence-corrected chi connectivity index (χ0v) is 6.85. The van der Waals surface area contributed by atoms with Crippen LogP contribution in [-0.2, 0) is 21.6 Å². The van der Waals surface area contributed by atoms with Crippen molar-refractivity contribution in [2.45, 2.75) is 13.8 Å². The molecule has 2 nitrogen and oxygen atoms in total. The van der Waals surface area contributed by atoms with Crippen molar-refractivity contribution < 1.29 is 26.5 Å². The molecule has 0 rings (SSSR count). The van der Waals surface area contributed by atoms with Gasteiger partial charge in [-0.1, -0.05) is 13.8 Å². The van der Waals surface area contributed by atoms with E-state index in [1.807, 2.05) is 0 Å². The smallest absolute Gasteiger partial charge is 0.200 e. The molecule has 0 amide bonds. The molecule has 0 unspecified atom stereocenters. The topological polar surface area (TPSA) is 37.3 Å². The Morgan fingerprint density at radius 3 is 1.62 bits per heavy atom. The third kappa shape index (κ3) is 4.86. The van der Waals surface area contributed by atoms with Crippen LogP contribution in [0.4, 0.5) is 0 Å². The Labute approximate surface area is 60.6 Å². The van der Waals surface area contributed by atoms with Gasteiger partial charge in [-0.05, 0) is 0 Å². The molecule has 0 fully saturated rings. The first kappa shape index (κ1) is 11.5. The largest absolute Gasteiger partial charge is 0.344 e. The van der Waals surface area contributed by atoms with E-state index >= 15 is 0 Å². The summed E-state index contributed by atoms with van der Waals surface area (Å²) in [5.41, 5.74) is 0. The summed E-state index contributed by atoms with van der Waals surface area (Å²) in [7, 11) is -2.65. The van der Waals surface area contributed by atoms with Gasteiger partial charge in [0, 0.05) is 29.4 Å². The number of hydrogen-bond acceptors (Lipinski definition) is 1. The third-order valence-corrected chi connectivity index (χ3v) is 2.96. The van der Waals surface area contributed by atoms with Crippen molar-refractivity contribution in [2.24, 2.45) is 0 Å². The maximum atomic E-state index is 10.5. The Bertz CT molecular complexity index is 86.0. The first-order valence-corrected chi connectivity index (χ1v) is 4.46. The quantitative estimate of drug-likeness (QED) is 0.520. The molecular weight excluding hydrogens is 175 g/mol. The molecule has 0 heterocycles. The van der Waals surface area contributed by atoms with Crippen LogP contribution in [0, 0.1) is 0 Å². The van der Waals surface area contributed by atoms with Crippen molar-refractivity contribution in [3.05, 3.63) is 0 Å². The Morgan fingerprint density at radius 1 is 1.38 bits per heavy atom. The average molecular weight is 186 g/mol. The standard InChI is InChI=1S/C4H11O2P.Cu/c1-3-7(5,6)4-2;/h3-4H2,1-2H3,(H,5,6);. The van der Waals surface area contributed by atoms with Crippen LogP contribution in [0.1, 0.15) is 13.8 Å². The van der Waals surface area contributed by atoms with Gasteiger partial charge in [-0.25, -0.2) is 0 Å². The van der Waals surface area contributed by atoms with E-state index in [1.165, 1.54) is 0 Å². The molecule has 4 heteroatoms. The summed E-state index contributed by atoms with van der Waals surface area (Å²) in [5, 5.41) is 0. The fourth-order valence-electron chi connectivity index (χ4n) is 0.224. The summed E-state index contributed by atoms with van der Waals surface area (Å²) in [6.07, 6.45) is 0.812. The molecule has 0 saturated carbocycles. The van der Waals surface area contributed by atoms with Gasteiger partial charge in [-0.15, -0.1) is 0 Å². The van der Waals surface area contributed by atoms with Crippen molar-refractivity contribution in [3.63, 3.8) is 0 Å². The van der Waals surface area contributed by atoms with Crippen LogP contribution < -0.4 is 0 Å². The van der Waals surface area contributed by atoms with Gasteiger partial charge in [0.2, 0.25) is 0 Å². The van der Waals surface area contributed by atoms with E-state index in [9.17, 15) is 4.57 Å². The molecule has 0 spiro atoms. The van der Waals surface area contributed by atoms with Crippen LogP contribution in [0.5, 0.6) is 0 Å². The number of rotatable bonds is 2. The molecule has 0 aromatic rings. The van der Waals surface area contributed by atoms with Gasteiger partial charge in [-0.3, -0.25) is 4.57 Å². The summed E-state index contributed by atoms with van der Waals surface area (Å²) >= 11 is 0. The van der Waals surface area contributed by atoms with Crippen LogP contribution in [-0.4, -0.2) is 17.2 Å². The zero-order valence-electron chi connectivity index (χ0n) is 5.02. The van der Waals surface area contributed by atoms with Gasteiger partial charge in [-0.2, -0.15) is 0 Å². The van der Waals surface area contributed by atoms with Gasteiger partial charge in [0.15, 0.2) is 7.37 Å². The van der Waals surface area contributed by atoms with Crippen LogP contribution in [0.2, 0.25) is 0 Å². The summed E-state index contributed by atoms with van der Waals surface area (Å²) < 4.78 is 10.5. The second-order valence-corrected chi connectivity index (χ2v) is 4.44. The van der Waals surface area contributed by atoms with Gasteiger partial charge < -0.3 is 4.89 Å². The molecule has 8 heavy (non-hydrogen) atoms. The molecule has 0 atom stereocenters. The summed E-state index contributed by atoms with van der Waals surface area (Å²) in [5.74, 6) is 0. The van der Waals surface area contributed by atoms with Crippen LogP contribution >= 0.6 is 7.37 Å². The van der Waals surface area contributed by atoms with Gasteiger partial charge >= 0.3 is 0 Å². The second kappa shape index (κ2) is 4.58. The van der Waals surface area contributed by atoms with E-state index in [1.54, 1.807) is 13.8 Å². The van der Waals surface area contributed by atoms with E-state index in [-0.39, 0.29) is 17.1 Å². The molecule has 0 aromatic heterocycles. The Kier molecular flexibility index (Phi) is 6.58. The second-order valence-electron chi connectivity index (χ2n) is 1.48. The van der Waals surface area contributed by atoms with Crippen LogP contribution in [0.25, 0.3) is 0 Å². The fourth-order valence-corrected chi connectivity index (χ4v) is 0.671. The Balaban J connectivity index is 0. The summed E-state index contributed by atoms with van der Waals surface area (Å²) in [6, 6.07) is 0. The van der Waals surface area contributed by atoms with Gasteiger partial charge in [0.1, 0.15) is 0 Å².